The number of carbonyl (C=O) groups is 2. The number of para-hydroxylation sites is 1. The van der Waals surface area contributed by atoms with E-state index >= 15 is 0 Å². The van der Waals surface area contributed by atoms with Gasteiger partial charge in [0, 0.05) is 44.7 Å². The molecule has 0 radical (unpaired) electrons. The van der Waals surface area contributed by atoms with Crippen molar-refractivity contribution in [3.63, 3.8) is 0 Å². The van der Waals surface area contributed by atoms with Crippen LogP contribution in [0, 0.1) is 0 Å². The average Bonchev–Trinajstić information content (AvgIpc) is 3.13. The van der Waals surface area contributed by atoms with Crippen molar-refractivity contribution in [1.82, 2.24) is 25.0 Å². The molecule has 1 unspecified atom stereocenters. The van der Waals surface area contributed by atoms with Crippen molar-refractivity contribution in [2.75, 3.05) is 13.1 Å². The lowest BCUT2D eigenvalue weighted by Gasteiger charge is -2.32. The Labute approximate surface area is 163 Å². The quantitative estimate of drug-likeness (QED) is 0.691. The zero-order chi connectivity index (χ0) is 19.5. The van der Waals surface area contributed by atoms with E-state index in [1.54, 1.807) is 11.1 Å². The van der Waals surface area contributed by atoms with Gasteiger partial charge in [-0.1, -0.05) is 24.3 Å². The molecular formula is C21H23N5O2. The van der Waals surface area contributed by atoms with Gasteiger partial charge in [-0.2, -0.15) is 5.10 Å². The highest BCUT2D eigenvalue weighted by Crippen LogP contribution is 2.26. The van der Waals surface area contributed by atoms with Gasteiger partial charge in [0.15, 0.2) is 0 Å². The second-order valence-electron chi connectivity index (χ2n) is 7.07. The molecule has 1 aromatic carbocycles. The van der Waals surface area contributed by atoms with Crippen LogP contribution in [-0.4, -0.2) is 44.6 Å². The first-order chi connectivity index (χ1) is 13.6. The number of aryl methyl sites for hydroxylation is 1. The molecule has 0 saturated heterocycles. The summed E-state index contributed by atoms with van der Waals surface area (Å²) in [6, 6.07) is 11.8. The van der Waals surface area contributed by atoms with Crippen LogP contribution in [0.4, 0.5) is 0 Å². The molecule has 0 aliphatic carbocycles. The maximum atomic E-state index is 12.8. The number of hydrogen-bond acceptors (Lipinski definition) is 4. The monoisotopic (exact) mass is 377 g/mol. The molecule has 0 spiro atoms. The Kier molecular flexibility index (Phi) is 5.06. The lowest BCUT2D eigenvalue weighted by molar-refractivity contribution is -0.131. The molecule has 1 aliphatic rings. The topological polar surface area (TPSA) is 80.1 Å². The van der Waals surface area contributed by atoms with E-state index in [0.29, 0.717) is 19.6 Å². The number of amides is 2. The Morgan fingerprint density at radius 2 is 2.07 bits per heavy atom. The number of fused-ring (bicyclic) bond motifs is 2. The van der Waals surface area contributed by atoms with Crippen molar-refractivity contribution < 1.29 is 9.59 Å². The smallest absolute Gasteiger partial charge is 0.230 e. The molecule has 2 aromatic heterocycles. The van der Waals surface area contributed by atoms with Crippen LogP contribution < -0.4 is 5.32 Å². The minimum Gasteiger partial charge on any atom is -0.355 e. The second kappa shape index (κ2) is 7.80. The van der Waals surface area contributed by atoms with Gasteiger partial charge in [-0.15, -0.1) is 0 Å². The van der Waals surface area contributed by atoms with Crippen LogP contribution in [0.3, 0.4) is 0 Å². The molecule has 7 nitrogen and oxygen atoms in total. The van der Waals surface area contributed by atoms with Crippen molar-refractivity contribution in [2.45, 2.75) is 32.4 Å². The summed E-state index contributed by atoms with van der Waals surface area (Å²) in [7, 11) is 0. The van der Waals surface area contributed by atoms with Gasteiger partial charge in [-0.3, -0.25) is 19.3 Å². The van der Waals surface area contributed by atoms with Crippen LogP contribution in [0.2, 0.25) is 0 Å². The first-order valence-corrected chi connectivity index (χ1v) is 9.51. The molecule has 7 heteroatoms. The third-order valence-corrected chi connectivity index (χ3v) is 5.18. The molecule has 0 fully saturated rings. The van der Waals surface area contributed by atoms with E-state index in [0.717, 1.165) is 35.1 Å². The lowest BCUT2D eigenvalue weighted by atomic mass is 9.94. The highest BCUT2D eigenvalue weighted by Gasteiger charge is 2.32. The summed E-state index contributed by atoms with van der Waals surface area (Å²) in [5, 5.41) is 8.53. The summed E-state index contributed by atoms with van der Waals surface area (Å²) in [6.45, 7) is 3.69. The molecule has 4 rings (SSSR count). The predicted molar refractivity (Wildman–Crippen MR) is 105 cm³/mol. The van der Waals surface area contributed by atoms with Crippen LogP contribution in [0.15, 0.2) is 48.8 Å². The summed E-state index contributed by atoms with van der Waals surface area (Å²) in [4.78, 5) is 30.7. The van der Waals surface area contributed by atoms with Gasteiger partial charge in [-0.05, 0) is 24.1 Å². The summed E-state index contributed by atoms with van der Waals surface area (Å²) < 4.78 is 1.95. The van der Waals surface area contributed by atoms with E-state index < -0.39 is 5.92 Å². The third-order valence-electron chi connectivity index (χ3n) is 5.18. The van der Waals surface area contributed by atoms with Gasteiger partial charge in [-0.25, -0.2) is 0 Å². The van der Waals surface area contributed by atoms with E-state index in [2.05, 4.69) is 15.4 Å². The molecule has 0 saturated carbocycles. The maximum absolute atomic E-state index is 12.8. The zero-order valence-electron chi connectivity index (χ0n) is 15.8. The van der Waals surface area contributed by atoms with Crippen LogP contribution in [0.25, 0.3) is 10.9 Å². The molecule has 0 bridgehead atoms. The number of nitrogens with one attached hydrogen (secondary N) is 1. The Hall–Kier alpha value is -3.22. The van der Waals surface area contributed by atoms with Crippen LogP contribution in [0.5, 0.6) is 0 Å². The van der Waals surface area contributed by atoms with Crippen molar-refractivity contribution in [1.29, 1.82) is 0 Å². The summed E-state index contributed by atoms with van der Waals surface area (Å²) in [6.07, 6.45) is 4.33. The normalized spacial score (nSPS) is 16.0. The van der Waals surface area contributed by atoms with Gasteiger partial charge in [0.1, 0.15) is 0 Å². The fraction of sp³-hybridized carbons (Fsp3) is 0.333. The molecule has 1 atom stereocenters. The second-order valence-corrected chi connectivity index (χ2v) is 7.07. The molecule has 3 aromatic rings. The SMILES string of the molecule is CC(=O)N1Cc2cccnc2C(C(=O)NCCCn2ncc3ccccc32)C1. The van der Waals surface area contributed by atoms with Crippen molar-refractivity contribution in [3.8, 4) is 0 Å². The van der Waals surface area contributed by atoms with E-state index in [-0.39, 0.29) is 11.8 Å². The van der Waals surface area contributed by atoms with Crippen LogP contribution in [-0.2, 0) is 22.7 Å². The van der Waals surface area contributed by atoms with Crippen LogP contribution >= 0.6 is 0 Å². The van der Waals surface area contributed by atoms with E-state index in [9.17, 15) is 9.59 Å². The zero-order valence-corrected chi connectivity index (χ0v) is 15.8. The van der Waals surface area contributed by atoms with Gasteiger partial charge in [0.2, 0.25) is 11.8 Å². The van der Waals surface area contributed by atoms with Gasteiger partial charge >= 0.3 is 0 Å². The van der Waals surface area contributed by atoms with Crippen molar-refractivity contribution in [2.24, 2.45) is 0 Å². The molecule has 2 amide bonds. The summed E-state index contributed by atoms with van der Waals surface area (Å²) in [5.74, 6) is -0.548. The third kappa shape index (κ3) is 3.60. The molecule has 144 valence electrons. The Balaban J connectivity index is 1.37. The molecule has 3 heterocycles. The first-order valence-electron chi connectivity index (χ1n) is 9.51. The number of aromatic nitrogens is 3. The fourth-order valence-electron chi connectivity index (χ4n) is 3.69. The van der Waals surface area contributed by atoms with Crippen LogP contribution in [0.1, 0.15) is 30.5 Å². The standard InChI is InChI=1S/C21H23N5O2/c1-15(27)25-13-17-7-4-9-22-20(17)18(14-25)21(28)23-10-5-11-26-19-8-3-2-6-16(19)12-24-26/h2-4,6-9,12,18H,5,10-11,13-14H2,1H3,(H,23,28). The molecule has 1 aliphatic heterocycles. The lowest BCUT2D eigenvalue weighted by Crippen LogP contribution is -2.43. The van der Waals surface area contributed by atoms with Gasteiger partial charge in [0.25, 0.3) is 0 Å². The number of carbonyl (C=O) groups excluding carboxylic acids is 2. The van der Waals surface area contributed by atoms with E-state index in [1.807, 2.05) is 47.3 Å². The predicted octanol–water partition coefficient (Wildman–Crippen LogP) is 2.08. The Bertz CT molecular complexity index is 1010. The number of rotatable bonds is 5. The highest BCUT2D eigenvalue weighted by molar-refractivity contribution is 5.85. The molecular weight excluding hydrogens is 354 g/mol. The highest BCUT2D eigenvalue weighted by atomic mass is 16.2. The van der Waals surface area contributed by atoms with E-state index in [1.165, 1.54) is 6.92 Å². The molecule has 1 N–H and O–H groups in total. The number of pyridine rings is 1. The Morgan fingerprint density at radius 3 is 2.93 bits per heavy atom. The van der Waals surface area contributed by atoms with E-state index in [4.69, 9.17) is 0 Å². The number of nitrogens with zero attached hydrogens (tertiary/aromatic N) is 4. The first kappa shape index (κ1) is 18.2. The minimum absolute atomic E-state index is 0.0298. The van der Waals surface area contributed by atoms with Gasteiger partial charge < -0.3 is 10.2 Å². The Morgan fingerprint density at radius 1 is 1.21 bits per heavy atom. The largest absolute Gasteiger partial charge is 0.355 e. The van der Waals surface area contributed by atoms with Gasteiger partial charge in [0.05, 0.1) is 23.3 Å². The minimum atomic E-state index is -0.431. The fourth-order valence-corrected chi connectivity index (χ4v) is 3.69. The average molecular weight is 377 g/mol. The van der Waals surface area contributed by atoms with Crippen molar-refractivity contribution in [3.05, 3.63) is 60.0 Å². The maximum Gasteiger partial charge on any atom is 0.230 e. The van der Waals surface area contributed by atoms with Crippen molar-refractivity contribution >= 4 is 22.7 Å². The number of hydrogen-bond donors (Lipinski definition) is 1. The summed E-state index contributed by atoms with van der Waals surface area (Å²) in [5.41, 5.74) is 2.80. The number of benzene rings is 1. The molecule has 28 heavy (non-hydrogen) atoms. The summed E-state index contributed by atoms with van der Waals surface area (Å²) >= 11 is 0.